The lowest BCUT2D eigenvalue weighted by Crippen LogP contribution is -2.35. The summed E-state index contributed by atoms with van der Waals surface area (Å²) in [4.78, 5) is 25.0. The minimum atomic E-state index is 0.0558. The molecule has 1 aliphatic heterocycles. The first kappa shape index (κ1) is 17.2. The molecule has 0 atom stereocenters. The molecule has 0 radical (unpaired) electrons. The molecular weight excluding hydrogens is 314 g/mol. The van der Waals surface area contributed by atoms with Gasteiger partial charge in [-0.15, -0.1) is 0 Å². The van der Waals surface area contributed by atoms with Crippen LogP contribution >= 0.6 is 0 Å². The predicted molar refractivity (Wildman–Crippen MR) is 97.0 cm³/mol. The highest BCUT2D eigenvalue weighted by Gasteiger charge is 2.17. The minimum absolute atomic E-state index is 0.0558. The molecule has 2 aromatic rings. The Bertz CT molecular complexity index is 718. The summed E-state index contributed by atoms with van der Waals surface area (Å²) in [6.45, 7) is 1.78. The number of aldehydes is 1. The number of likely N-dealkylation sites (tertiary alicyclic amines) is 1. The van der Waals surface area contributed by atoms with Crippen molar-refractivity contribution in [1.29, 1.82) is 0 Å². The van der Waals surface area contributed by atoms with E-state index in [0.717, 1.165) is 54.7 Å². The highest BCUT2D eigenvalue weighted by molar-refractivity contribution is 5.94. The van der Waals surface area contributed by atoms with Gasteiger partial charge in [0.15, 0.2) is 6.29 Å². The van der Waals surface area contributed by atoms with Crippen LogP contribution in [0.2, 0.25) is 0 Å². The molecule has 0 spiro atoms. The number of rotatable bonds is 6. The van der Waals surface area contributed by atoms with Gasteiger partial charge in [-0.25, -0.2) is 0 Å². The highest BCUT2D eigenvalue weighted by Crippen LogP contribution is 2.22. The summed E-state index contributed by atoms with van der Waals surface area (Å²) in [5.41, 5.74) is 2.88. The van der Waals surface area contributed by atoms with Gasteiger partial charge in [0.1, 0.15) is 12.4 Å². The molecule has 0 N–H and O–H groups in total. The van der Waals surface area contributed by atoms with Crippen molar-refractivity contribution in [1.82, 2.24) is 4.90 Å². The standard InChI is InChI=1S/C21H23NO3/c23-14-15-25-20-7-3-2-6-19(20)16-17-8-10-18(11-9-17)21(24)22-12-4-1-5-13-22/h2-3,6-11,14H,1,4-5,12-13,15-16H2. The second-order valence-corrected chi connectivity index (χ2v) is 6.31. The molecule has 3 rings (SSSR count). The summed E-state index contributed by atoms with van der Waals surface area (Å²) >= 11 is 0. The number of hydrogen-bond donors (Lipinski definition) is 0. The Morgan fingerprint density at radius 2 is 1.72 bits per heavy atom. The van der Waals surface area contributed by atoms with Gasteiger partial charge >= 0.3 is 0 Å². The van der Waals surface area contributed by atoms with Crippen molar-refractivity contribution in [2.24, 2.45) is 0 Å². The number of benzene rings is 2. The lowest BCUT2D eigenvalue weighted by molar-refractivity contribution is -0.109. The Labute approximate surface area is 148 Å². The van der Waals surface area contributed by atoms with E-state index in [-0.39, 0.29) is 12.5 Å². The van der Waals surface area contributed by atoms with Gasteiger partial charge in [-0.05, 0) is 48.6 Å². The molecule has 1 amide bonds. The Balaban J connectivity index is 1.68. The van der Waals surface area contributed by atoms with Crippen LogP contribution in [0.5, 0.6) is 5.75 Å². The lowest BCUT2D eigenvalue weighted by Gasteiger charge is -2.26. The van der Waals surface area contributed by atoms with Gasteiger partial charge in [0.05, 0.1) is 0 Å². The van der Waals surface area contributed by atoms with Crippen LogP contribution in [-0.2, 0) is 11.2 Å². The number of ether oxygens (including phenoxy) is 1. The Morgan fingerprint density at radius 1 is 1.00 bits per heavy atom. The van der Waals surface area contributed by atoms with Crippen molar-refractivity contribution in [2.45, 2.75) is 25.7 Å². The molecule has 1 saturated heterocycles. The Morgan fingerprint density at radius 3 is 2.44 bits per heavy atom. The molecule has 0 aliphatic carbocycles. The fourth-order valence-electron chi connectivity index (χ4n) is 3.18. The van der Waals surface area contributed by atoms with E-state index < -0.39 is 0 Å². The van der Waals surface area contributed by atoms with Crippen LogP contribution in [0, 0.1) is 0 Å². The maximum Gasteiger partial charge on any atom is 0.253 e. The second-order valence-electron chi connectivity index (χ2n) is 6.31. The maximum absolute atomic E-state index is 12.5. The van der Waals surface area contributed by atoms with Crippen LogP contribution in [0.25, 0.3) is 0 Å². The third-order valence-corrected chi connectivity index (χ3v) is 4.52. The molecule has 1 fully saturated rings. The average Bonchev–Trinajstić information content (AvgIpc) is 2.68. The minimum Gasteiger partial charge on any atom is -0.486 e. The summed E-state index contributed by atoms with van der Waals surface area (Å²) in [7, 11) is 0. The molecule has 4 heteroatoms. The number of piperidine rings is 1. The van der Waals surface area contributed by atoms with E-state index in [9.17, 15) is 9.59 Å². The van der Waals surface area contributed by atoms with Gasteiger partial charge in [-0.2, -0.15) is 0 Å². The van der Waals surface area contributed by atoms with Gasteiger partial charge in [0.2, 0.25) is 0 Å². The number of amides is 1. The molecule has 130 valence electrons. The molecule has 1 aliphatic rings. The fraction of sp³-hybridized carbons (Fsp3) is 0.333. The molecule has 25 heavy (non-hydrogen) atoms. The third kappa shape index (κ3) is 4.47. The molecule has 1 heterocycles. The first-order valence-electron chi connectivity index (χ1n) is 8.80. The van der Waals surface area contributed by atoms with E-state index >= 15 is 0 Å². The van der Waals surface area contributed by atoms with Gasteiger partial charge in [0.25, 0.3) is 5.91 Å². The normalized spacial score (nSPS) is 14.2. The van der Waals surface area contributed by atoms with E-state index in [1.54, 1.807) is 0 Å². The predicted octanol–water partition coefficient (Wildman–Crippen LogP) is 3.48. The number of carbonyl (C=O) groups excluding carboxylic acids is 2. The van der Waals surface area contributed by atoms with Crippen molar-refractivity contribution >= 4 is 12.2 Å². The summed E-state index contributed by atoms with van der Waals surface area (Å²) < 4.78 is 5.47. The topological polar surface area (TPSA) is 46.6 Å². The Hall–Kier alpha value is -2.62. The molecule has 0 bridgehead atoms. The van der Waals surface area contributed by atoms with Gasteiger partial charge in [0, 0.05) is 25.1 Å². The molecule has 4 nitrogen and oxygen atoms in total. The van der Waals surface area contributed by atoms with Crippen LogP contribution in [0.4, 0.5) is 0 Å². The van der Waals surface area contributed by atoms with E-state index in [1.807, 2.05) is 53.4 Å². The molecular formula is C21H23NO3. The first-order valence-corrected chi connectivity index (χ1v) is 8.80. The number of nitrogens with zero attached hydrogens (tertiary/aromatic N) is 1. The van der Waals surface area contributed by atoms with Crippen LogP contribution in [0.1, 0.15) is 40.7 Å². The zero-order valence-corrected chi connectivity index (χ0v) is 14.3. The highest BCUT2D eigenvalue weighted by atomic mass is 16.5. The van der Waals surface area contributed by atoms with Crippen molar-refractivity contribution in [3.05, 3.63) is 65.2 Å². The van der Waals surface area contributed by atoms with E-state index in [4.69, 9.17) is 4.74 Å². The summed E-state index contributed by atoms with van der Waals surface area (Å²) in [5.74, 6) is 0.851. The average molecular weight is 337 g/mol. The Kier molecular flexibility index (Phi) is 5.83. The lowest BCUT2D eigenvalue weighted by atomic mass is 10.0. The number of para-hydroxylation sites is 1. The largest absolute Gasteiger partial charge is 0.486 e. The zero-order valence-electron chi connectivity index (χ0n) is 14.3. The smallest absolute Gasteiger partial charge is 0.253 e. The maximum atomic E-state index is 12.5. The van der Waals surface area contributed by atoms with E-state index in [2.05, 4.69) is 0 Å². The summed E-state index contributed by atoms with van der Waals surface area (Å²) in [6, 6.07) is 15.5. The van der Waals surface area contributed by atoms with Crippen molar-refractivity contribution in [3.63, 3.8) is 0 Å². The quantitative estimate of drug-likeness (QED) is 0.758. The SMILES string of the molecule is O=CCOc1ccccc1Cc1ccc(C(=O)N2CCCCC2)cc1. The first-order chi connectivity index (χ1) is 12.3. The summed E-state index contributed by atoms with van der Waals surface area (Å²) in [5, 5.41) is 0. The number of hydrogen-bond acceptors (Lipinski definition) is 3. The summed E-state index contributed by atoms with van der Waals surface area (Å²) in [6.07, 6.45) is 4.86. The van der Waals surface area contributed by atoms with E-state index in [1.165, 1.54) is 6.42 Å². The van der Waals surface area contributed by atoms with Crippen molar-refractivity contribution in [2.75, 3.05) is 19.7 Å². The zero-order chi connectivity index (χ0) is 17.5. The molecule has 2 aromatic carbocycles. The van der Waals surface area contributed by atoms with Gasteiger partial charge in [-0.3, -0.25) is 9.59 Å². The molecule has 0 saturated carbocycles. The fourth-order valence-corrected chi connectivity index (χ4v) is 3.18. The number of carbonyl (C=O) groups is 2. The van der Waals surface area contributed by atoms with Crippen LogP contribution in [0.15, 0.2) is 48.5 Å². The molecule has 0 aromatic heterocycles. The van der Waals surface area contributed by atoms with Crippen LogP contribution in [0.3, 0.4) is 0 Å². The van der Waals surface area contributed by atoms with Crippen molar-refractivity contribution in [3.8, 4) is 5.75 Å². The van der Waals surface area contributed by atoms with Gasteiger partial charge in [-0.1, -0.05) is 30.3 Å². The monoisotopic (exact) mass is 337 g/mol. The second kappa shape index (κ2) is 8.47. The van der Waals surface area contributed by atoms with Crippen LogP contribution < -0.4 is 4.74 Å². The third-order valence-electron chi connectivity index (χ3n) is 4.52. The molecule has 0 unspecified atom stereocenters. The van der Waals surface area contributed by atoms with E-state index in [0.29, 0.717) is 6.42 Å². The van der Waals surface area contributed by atoms with Crippen molar-refractivity contribution < 1.29 is 14.3 Å². The van der Waals surface area contributed by atoms with Crippen LogP contribution in [-0.4, -0.2) is 36.8 Å². The van der Waals surface area contributed by atoms with Gasteiger partial charge < -0.3 is 9.64 Å².